The molecule has 3 rings (SSSR count). The van der Waals surface area contributed by atoms with Crippen molar-refractivity contribution in [2.75, 3.05) is 52.9 Å². The second-order valence-corrected chi connectivity index (χ2v) is 6.84. The van der Waals surface area contributed by atoms with Gasteiger partial charge < -0.3 is 28.7 Å². The Balaban J connectivity index is 1.79. The van der Waals surface area contributed by atoms with E-state index in [1.54, 1.807) is 31.2 Å². The number of nitrogens with zero attached hydrogens (tertiary/aromatic N) is 2. The number of carbonyl (C=O) groups excluding carboxylic acids is 1. The van der Waals surface area contributed by atoms with Gasteiger partial charge in [-0.05, 0) is 19.1 Å². The number of likely N-dealkylation sites (N-methyl/N-ethyl adjacent to an activating group) is 2. The van der Waals surface area contributed by atoms with Crippen LogP contribution in [-0.4, -0.2) is 64.9 Å². The van der Waals surface area contributed by atoms with Gasteiger partial charge in [0.05, 0.1) is 45.7 Å². The molecule has 1 aliphatic rings. The third-order valence-electron chi connectivity index (χ3n) is 5.07. The molecule has 0 fully saturated rings. The SMILES string of the molecule is CCN1C[C@@H](CN(C)C(=O)c2cc(OC)c(OC)cc2OC)Oc2ccccc21. The van der Waals surface area contributed by atoms with Crippen LogP contribution in [0.5, 0.6) is 23.0 Å². The Morgan fingerprint density at radius 2 is 1.76 bits per heavy atom. The first kappa shape index (κ1) is 20.6. The van der Waals surface area contributed by atoms with Crippen LogP contribution < -0.4 is 23.8 Å². The van der Waals surface area contributed by atoms with E-state index in [1.807, 2.05) is 18.2 Å². The molecule has 0 saturated heterocycles. The highest BCUT2D eigenvalue weighted by molar-refractivity contribution is 5.97. The molecule has 0 aliphatic carbocycles. The largest absolute Gasteiger partial charge is 0.496 e. The Morgan fingerprint density at radius 1 is 1.10 bits per heavy atom. The number of anilines is 1. The van der Waals surface area contributed by atoms with Gasteiger partial charge in [0.1, 0.15) is 17.6 Å². The van der Waals surface area contributed by atoms with Crippen molar-refractivity contribution in [1.82, 2.24) is 4.90 Å². The summed E-state index contributed by atoms with van der Waals surface area (Å²) in [6.45, 7) is 4.15. The van der Waals surface area contributed by atoms with Crippen molar-refractivity contribution >= 4 is 11.6 Å². The molecule has 0 bridgehead atoms. The number of amides is 1. The van der Waals surface area contributed by atoms with Crippen LogP contribution in [-0.2, 0) is 0 Å². The van der Waals surface area contributed by atoms with E-state index in [2.05, 4.69) is 17.9 Å². The summed E-state index contributed by atoms with van der Waals surface area (Å²) in [5, 5.41) is 0. The summed E-state index contributed by atoms with van der Waals surface area (Å²) in [4.78, 5) is 17.1. The van der Waals surface area contributed by atoms with Crippen LogP contribution in [0.15, 0.2) is 36.4 Å². The number of carbonyl (C=O) groups is 1. The smallest absolute Gasteiger partial charge is 0.257 e. The fourth-order valence-corrected chi connectivity index (χ4v) is 3.56. The zero-order valence-electron chi connectivity index (χ0n) is 17.6. The van der Waals surface area contributed by atoms with E-state index in [1.165, 1.54) is 14.2 Å². The van der Waals surface area contributed by atoms with Crippen LogP contribution >= 0.6 is 0 Å². The lowest BCUT2D eigenvalue weighted by atomic mass is 10.1. The summed E-state index contributed by atoms with van der Waals surface area (Å²) in [5.74, 6) is 2.09. The number of rotatable bonds is 7. The van der Waals surface area contributed by atoms with E-state index in [9.17, 15) is 4.79 Å². The van der Waals surface area contributed by atoms with Gasteiger partial charge in [-0.15, -0.1) is 0 Å². The Hall–Kier alpha value is -3.09. The molecule has 0 radical (unpaired) electrons. The van der Waals surface area contributed by atoms with Crippen molar-refractivity contribution in [2.24, 2.45) is 0 Å². The first-order valence-corrected chi connectivity index (χ1v) is 9.58. The van der Waals surface area contributed by atoms with Crippen molar-refractivity contribution in [2.45, 2.75) is 13.0 Å². The summed E-state index contributed by atoms with van der Waals surface area (Å²) in [6.07, 6.45) is -0.134. The Kier molecular flexibility index (Phi) is 6.36. The standard InChI is InChI=1S/C22H28N2O5/c1-6-24-14-15(29-18-10-8-7-9-17(18)24)13-23(2)22(25)16-11-20(27-4)21(28-5)12-19(16)26-3/h7-12,15H,6,13-14H2,1-5H3/t15-/m1/s1. The van der Waals surface area contributed by atoms with Crippen molar-refractivity contribution in [3.8, 4) is 23.0 Å². The molecule has 7 heteroatoms. The summed E-state index contributed by atoms with van der Waals surface area (Å²) < 4.78 is 22.2. The highest BCUT2D eigenvalue weighted by atomic mass is 16.5. The van der Waals surface area contributed by atoms with Crippen molar-refractivity contribution < 1.29 is 23.7 Å². The number of hydrogen-bond donors (Lipinski definition) is 0. The van der Waals surface area contributed by atoms with Gasteiger partial charge in [-0.2, -0.15) is 0 Å². The number of benzene rings is 2. The van der Waals surface area contributed by atoms with E-state index in [0.29, 0.717) is 35.9 Å². The van der Waals surface area contributed by atoms with Gasteiger partial charge in [0.2, 0.25) is 0 Å². The second-order valence-electron chi connectivity index (χ2n) is 6.84. The van der Waals surface area contributed by atoms with Crippen LogP contribution in [0.4, 0.5) is 5.69 Å². The zero-order chi connectivity index (χ0) is 21.0. The summed E-state index contributed by atoms with van der Waals surface area (Å²) in [6, 6.07) is 11.3. The van der Waals surface area contributed by atoms with E-state index >= 15 is 0 Å². The van der Waals surface area contributed by atoms with Gasteiger partial charge in [0.15, 0.2) is 11.5 Å². The third kappa shape index (κ3) is 4.18. The molecule has 1 heterocycles. The van der Waals surface area contributed by atoms with E-state index in [0.717, 1.165) is 18.0 Å². The summed E-state index contributed by atoms with van der Waals surface area (Å²) in [7, 11) is 6.37. The fourth-order valence-electron chi connectivity index (χ4n) is 3.56. The maximum atomic E-state index is 13.1. The average Bonchev–Trinajstić information content (AvgIpc) is 2.76. The molecular weight excluding hydrogens is 372 g/mol. The van der Waals surface area contributed by atoms with Gasteiger partial charge >= 0.3 is 0 Å². The molecule has 0 aromatic heterocycles. The Labute approximate surface area is 171 Å². The van der Waals surface area contributed by atoms with Crippen molar-refractivity contribution in [3.05, 3.63) is 42.0 Å². The fraction of sp³-hybridized carbons (Fsp3) is 0.409. The zero-order valence-corrected chi connectivity index (χ0v) is 17.6. The monoisotopic (exact) mass is 400 g/mol. The molecule has 29 heavy (non-hydrogen) atoms. The van der Waals surface area contributed by atoms with Gasteiger partial charge in [0, 0.05) is 25.7 Å². The normalized spacial score (nSPS) is 15.2. The molecule has 2 aromatic carbocycles. The topological polar surface area (TPSA) is 60.5 Å². The van der Waals surface area contributed by atoms with E-state index in [4.69, 9.17) is 18.9 Å². The van der Waals surface area contributed by atoms with Crippen LogP contribution in [0.1, 0.15) is 17.3 Å². The number of fused-ring (bicyclic) bond motifs is 1. The van der Waals surface area contributed by atoms with Crippen LogP contribution in [0.3, 0.4) is 0 Å². The molecule has 1 aliphatic heterocycles. The lowest BCUT2D eigenvalue weighted by Crippen LogP contribution is -2.46. The third-order valence-corrected chi connectivity index (χ3v) is 5.07. The molecule has 156 valence electrons. The van der Waals surface area contributed by atoms with Gasteiger partial charge in [0.25, 0.3) is 5.91 Å². The van der Waals surface area contributed by atoms with E-state index < -0.39 is 0 Å². The number of ether oxygens (including phenoxy) is 4. The molecule has 0 unspecified atom stereocenters. The van der Waals surface area contributed by atoms with Crippen molar-refractivity contribution in [1.29, 1.82) is 0 Å². The molecule has 7 nitrogen and oxygen atoms in total. The maximum Gasteiger partial charge on any atom is 0.257 e. The van der Waals surface area contributed by atoms with Gasteiger partial charge in [-0.1, -0.05) is 12.1 Å². The minimum absolute atomic E-state index is 0.134. The molecule has 2 aromatic rings. The summed E-state index contributed by atoms with van der Waals surface area (Å²) in [5.41, 5.74) is 1.50. The number of hydrogen-bond acceptors (Lipinski definition) is 6. The molecular formula is C22H28N2O5. The molecule has 1 amide bonds. The first-order valence-electron chi connectivity index (χ1n) is 9.58. The van der Waals surface area contributed by atoms with Crippen molar-refractivity contribution in [3.63, 3.8) is 0 Å². The Morgan fingerprint density at radius 3 is 2.41 bits per heavy atom. The summed E-state index contributed by atoms with van der Waals surface area (Å²) >= 11 is 0. The Bertz CT molecular complexity index is 870. The second kappa shape index (κ2) is 8.94. The lowest BCUT2D eigenvalue weighted by Gasteiger charge is -2.37. The molecule has 0 N–H and O–H groups in total. The quantitative estimate of drug-likeness (QED) is 0.712. The predicted molar refractivity (Wildman–Crippen MR) is 112 cm³/mol. The lowest BCUT2D eigenvalue weighted by molar-refractivity contribution is 0.0706. The highest BCUT2D eigenvalue weighted by Crippen LogP contribution is 2.36. The molecule has 0 saturated carbocycles. The van der Waals surface area contributed by atoms with Crippen LogP contribution in [0, 0.1) is 0 Å². The van der Waals surface area contributed by atoms with Crippen LogP contribution in [0.25, 0.3) is 0 Å². The highest BCUT2D eigenvalue weighted by Gasteiger charge is 2.28. The average molecular weight is 400 g/mol. The maximum absolute atomic E-state index is 13.1. The van der Waals surface area contributed by atoms with Crippen LogP contribution in [0.2, 0.25) is 0 Å². The van der Waals surface area contributed by atoms with Gasteiger partial charge in [-0.25, -0.2) is 0 Å². The minimum atomic E-state index is -0.173. The predicted octanol–water partition coefficient (Wildman–Crippen LogP) is 3.07. The molecule has 1 atom stereocenters. The van der Waals surface area contributed by atoms with E-state index in [-0.39, 0.29) is 12.0 Å². The van der Waals surface area contributed by atoms with Gasteiger partial charge in [-0.3, -0.25) is 4.79 Å². The first-order chi connectivity index (χ1) is 14.0. The number of methoxy groups -OCH3 is 3. The minimum Gasteiger partial charge on any atom is -0.496 e. The number of para-hydroxylation sites is 2. The molecule has 0 spiro atoms.